The van der Waals surface area contributed by atoms with Crippen molar-refractivity contribution in [2.45, 2.75) is 38.5 Å². The Kier molecular flexibility index (Phi) is 8.45. The van der Waals surface area contributed by atoms with E-state index in [4.69, 9.17) is 14.7 Å². The summed E-state index contributed by atoms with van der Waals surface area (Å²) < 4.78 is 8.61. The van der Waals surface area contributed by atoms with Crippen molar-refractivity contribution < 1.29 is 9.53 Å². The third-order valence-electron chi connectivity index (χ3n) is 5.71. The Morgan fingerprint density at radius 2 is 1.94 bits per heavy atom. The molecule has 0 radical (unpaired) electrons. The van der Waals surface area contributed by atoms with E-state index >= 15 is 0 Å². The number of anilines is 1. The van der Waals surface area contributed by atoms with Crippen LogP contribution in [0.2, 0.25) is 0 Å². The van der Waals surface area contributed by atoms with Crippen LogP contribution in [0.4, 0.5) is 5.95 Å². The molecule has 1 N–H and O–H groups in total. The number of ether oxygens (including phenoxy) is 1. The molecule has 184 valence electrons. The third kappa shape index (κ3) is 5.86. The van der Waals surface area contributed by atoms with Gasteiger partial charge in [0.25, 0.3) is 5.56 Å². The fraction of sp³-hybridized carbons (Fsp3) is 0.440. The van der Waals surface area contributed by atoms with Gasteiger partial charge in [-0.3, -0.25) is 18.7 Å². The molecule has 0 saturated carbocycles. The molecule has 1 aliphatic rings. The maximum Gasteiger partial charge on any atom is 0.316 e. The van der Waals surface area contributed by atoms with E-state index in [9.17, 15) is 9.59 Å². The Labute approximate surface area is 208 Å². The number of nitrogens with one attached hydrogen (secondary N) is 1. The fourth-order valence-corrected chi connectivity index (χ4v) is 4.83. The topological polar surface area (TPSA) is 94.3 Å². The van der Waals surface area contributed by atoms with Gasteiger partial charge in [-0.05, 0) is 25.8 Å². The van der Waals surface area contributed by atoms with E-state index in [-0.39, 0.29) is 17.3 Å². The molecule has 4 rings (SSSR count). The van der Waals surface area contributed by atoms with Gasteiger partial charge in [0.05, 0.1) is 18.9 Å². The smallest absolute Gasteiger partial charge is 0.316 e. The molecule has 2 aromatic heterocycles. The maximum atomic E-state index is 13.9. The van der Waals surface area contributed by atoms with E-state index < -0.39 is 0 Å². The number of nitrogens with zero attached hydrogens (tertiary/aromatic N) is 5. The number of hydrogen-bond acceptors (Lipinski definition) is 8. The Morgan fingerprint density at radius 3 is 2.66 bits per heavy atom. The largest absolute Gasteiger partial charge is 0.465 e. The van der Waals surface area contributed by atoms with Gasteiger partial charge in [-0.15, -0.1) is 5.92 Å². The fourth-order valence-electron chi connectivity index (χ4n) is 4.02. The molecule has 0 spiro atoms. The molecule has 0 amide bonds. The first-order chi connectivity index (χ1) is 17.1. The maximum absolute atomic E-state index is 13.9. The van der Waals surface area contributed by atoms with Gasteiger partial charge in [-0.2, -0.15) is 4.98 Å². The summed E-state index contributed by atoms with van der Waals surface area (Å²) in [5, 5.41) is 3.81. The number of rotatable bonds is 9. The predicted molar refractivity (Wildman–Crippen MR) is 138 cm³/mol. The Morgan fingerprint density at radius 1 is 1.17 bits per heavy atom. The highest BCUT2D eigenvalue weighted by molar-refractivity contribution is 7.99. The summed E-state index contributed by atoms with van der Waals surface area (Å²) in [5.74, 6) is 6.44. The molecule has 1 aromatic carbocycles. The molecule has 35 heavy (non-hydrogen) atoms. The molecule has 3 aromatic rings. The van der Waals surface area contributed by atoms with Crippen molar-refractivity contribution in [3.63, 3.8) is 0 Å². The number of aromatic nitrogens is 4. The van der Waals surface area contributed by atoms with Gasteiger partial charge >= 0.3 is 5.97 Å². The molecular formula is C25H30N6O3S. The summed E-state index contributed by atoms with van der Waals surface area (Å²) in [6.45, 7) is 7.92. The molecule has 1 fully saturated rings. The van der Waals surface area contributed by atoms with Gasteiger partial charge in [0, 0.05) is 32.7 Å². The van der Waals surface area contributed by atoms with Crippen LogP contribution in [-0.4, -0.2) is 63.6 Å². The van der Waals surface area contributed by atoms with E-state index in [1.165, 1.54) is 11.8 Å². The van der Waals surface area contributed by atoms with E-state index in [0.29, 0.717) is 48.4 Å². The van der Waals surface area contributed by atoms with E-state index in [1.807, 2.05) is 34.9 Å². The highest BCUT2D eigenvalue weighted by Gasteiger charge is 2.24. The Balaban J connectivity index is 1.79. The van der Waals surface area contributed by atoms with Crippen LogP contribution in [0.15, 0.2) is 40.3 Å². The predicted octanol–water partition coefficient (Wildman–Crippen LogP) is 1.92. The number of aryl methyl sites for hydroxylation is 1. The number of esters is 1. The van der Waals surface area contributed by atoms with Crippen molar-refractivity contribution in [1.82, 2.24) is 24.4 Å². The molecule has 0 aliphatic carbocycles. The van der Waals surface area contributed by atoms with E-state index in [2.05, 4.69) is 22.1 Å². The number of benzene rings is 1. The SMILES string of the molecule is CC#CCn1c(N2CCNCC2)nc2nc(SCC(=O)OCC)n(CCc3ccccc3)c(=O)c21. The summed E-state index contributed by atoms with van der Waals surface area (Å²) >= 11 is 1.20. The zero-order valence-electron chi connectivity index (χ0n) is 20.1. The summed E-state index contributed by atoms with van der Waals surface area (Å²) in [6.07, 6.45) is 0.661. The van der Waals surface area contributed by atoms with Gasteiger partial charge in [-0.25, -0.2) is 4.98 Å². The molecule has 1 aliphatic heterocycles. The van der Waals surface area contributed by atoms with Crippen molar-refractivity contribution in [3.05, 3.63) is 46.2 Å². The first-order valence-electron chi connectivity index (χ1n) is 11.8. The second-order valence-corrected chi connectivity index (χ2v) is 8.96. The van der Waals surface area contributed by atoms with Gasteiger partial charge in [0.2, 0.25) is 5.95 Å². The Hall–Kier alpha value is -3.29. The van der Waals surface area contributed by atoms with Crippen molar-refractivity contribution in [3.8, 4) is 11.8 Å². The molecule has 0 atom stereocenters. The highest BCUT2D eigenvalue weighted by atomic mass is 32.2. The number of thioether (sulfide) groups is 1. The standard InChI is InChI=1S/C25H30N6O3S/c1-3-5-14-30-21-22(27-24(30)29-16-12-26-13-17-29)28-25(35-18-20(32)34-4-2)31(23(21)33)15-11-19-9-7-6-8-10-19/h6-10,26H,4,11-18H2,1-2H3. The lowest BCUT2D eigenvalue weighted by Crippen LogP contribution is -2.44. The molecule has 10 heteroatoms. The third-order valence-corrected chi connectivity index (χ3v) is 6.66. The lowest BCUT2D eigenvalue weighted by atomic mass is 10.1. The van der Waals surface area contributed by atoms with Crippen molar-refractivity contribution in [1.29, 1.82) is 0 Å². The van der Waals surface area contributed by atoms with Crippen LogP contribution in [0.5, 0.6) is 0 Å². The molecule has 0 bridgehead atoms. The number of fused-ring (bicyclic) bond motifs is 1. The monoisotopic (exact) mass is 494 g/mol. The second kappa shape index (κ2) is 11.9. The van der Waals surface area contributed by atoms with Crippen LogP contribution in [0.3, 0.4) is 0 Å². The molecular weight excluding hydrogens is 464 g/mol. The summed E-state index contributed by atoms with van der Waals surface area (Å²) in [6, 6.07) is 10.00. The zero-order valence-corrected chi connectivity index (χ0v) is 20.9. The van der Waals surface area contributed by atoms with Gasteiger partial charge in [-0.1, -0.05) is 48.0 Å². The Bertz CT molecular complexity index is 1290. The lowest BCUT2D eigenvalue weighted by Gasteiger charge is -2.28. The minimum absolute atomic E-state index is 0.0732. The number of piperazine rings is 1. The quantitative estimate of drug-likeness (QED) is 0.209. The minimum atomic E-state index is -0.341. The number of imidazole rings is 1. The molecule has 9 nitrogen and oxygen atoms in total. The average molecular weight is 495 g/mol. The van der Waals surface area contributed by atoms with Crippen LogP contribution in [0.25, 0.3) is 11.2 Å². The average Bonchev–Trinajstić information content (AvgIpc) is 3.25. The van der Waals surface area contributed by atoms with Crippen LogP contribution < -0.4 is 15.8 Å². The van der Waals surface area contributed by atoms with E-state index in [1.54, 1.807) is 18.4 Å². The van der Waals surface area contributed by atoms with Crippen molar-refractivity contribution in [2.24, 2.45) is 0 Å². The number of carbonyl (C=O) groups is 1. The van der Waals surface area contributed by atoms with Crippen LogP contribution >= 0.6 is 11.8 Å². The van der Waals surface area contributed by atoms with Crippen molar-refractivity contribution in [2.75, 3.05) is 43.4 Å². The number of carbonyl (C=O) groups excluding carboxylic acids is 1. The summed E-state index contributed by atoms with van der Waals surface area (Å²) in [4.78, 5) is 37.6. The van der Waals surface area contributed by atoms with Crippen LogP contribution in [0.1, 0.15) is 19.4 Å². The zero-order chi connectivity index (χ0) is 24.6. The minimum Gasteiger partial charge on any atom is -0.465 e. The van der Waals surface area contributed by atoms with Crippen LogP contribution in [0, 0.1) is 11.8 Å². The first kappa shape index (κ1) is 24.8. The van der Waals surface area contributed by atoms with Crippen LogP contribution in [-0.2, 0) is 29.0 Å². The highest BCUT2D eigenvalue weighted by Crippen LogP contribution is 2.23. The summed E-state index contributed by atoms with van der Waals surface area (Å²) in [7, 11) is 0. The van der Waals surface area contributed by atoms with Gasteiger partial charge < -0.3 is 15.0 Å². The second-order valence-electron chi connectivity index (χ2n) is 8.01. The molecule has 0 unspecified atom stereocenters. The first-order valence-corrected chi connectivity index (χ1v) is 12.8. The van der Waals surface area contributed by atoms with Gasteiger partial charge in [0.15, 0.2) is 16.3 Å². The normalized spacial score (nSPS) is 13.5. The molecule has 3 heterocycles. The van der Waals surface area contributed by atoms with Gasteiger partial charge in [0.1, 0.15) is 0 Å². The lowest BCUT2D eigenvalue weighted by molar-refractivity contribution is -0.139. The summed E-state index contributed by atoms with van der Waals surface area (Å²) in [5.41, 5.74) is 1.76. The van der Waals surface area contributed by atoms with Crippen molar-refractivity contribution >= 4 is 34.8 Å². The van der Waals surface area contributed by atoms with E-state index in [0.717, 1.165) is 31.7 Å². The number of hydrogen-bond donors (Lipinski definition) is 1. The molecule has 1 saturated heterocycles.